The second-order valence-electron chi connectivity index (χ2n) is 4.61. The summed E-state index contributed by atoms with van der Waals surface area (Å²) in [5, 5.41) is 0. The first-order valence-corrected chi connectivity index (χ1v) is 5.91. The van der Waals surface area contributed by atoms with Crippen LogP contribution in [0.3, 0.4) is 0 Å². The van der Waals surface area contributed by atoms with Gasteiger partial charge in [-0.3, -0.25) is 9.59 Å². The number of likely N-dealkylation sites (tertiary alicyclic amines) is 1. The Morgan fingerprint density at radius 2 is 2.00 bits per heavy atom. The number of rotatable bonds is 4. The van der Waals surface area contributed by atoms with Crippen molar-refractivity contribution in [3.05, 3.63) is 0 Å². The third-order valence-corrected chi connectivity index (χ3v) is 2.60. The fourth-order valence-corrected chi connectivity index (χ4v) is 1.94. The number of hydrogen-bond donors (Lipinski definition) is 0. The maximum atomic E-state index is 11.8. The van der Waals surface area contributed by atoms with E-state index in [-0.39, 0.29) is 30.2 Å². The van der Waals surface area contributed by atoms with Gasteiger partial charge in [0.25, 0.3) is 0 Å². The van der Waals surface area contributed by atoms with Gasteiger partial charge in [0, 0.05) is 6.54 Å². The van der Waals surface area contributed by atoms with E-state index >= 15 is 0 Å². The Bertz CT molecular complexity index is 324. The van der Waals surface area contributed by atoms with Gasteiger partial charge >= 0.3 is 5.97 Å². The van der Waals surface area contributed by atoms with Crippen LogP contribution in [0.4, 0.5) is 0 Å². The Kier molecular flexibility index (Phi) is 4.66. The zero-order chi connectivity index (χ0) is 13.0. The third-order valence-electron chi connectivity index (χ3n) is 2.60. The molecule has 17 heavy (non-hydrogen) atoms. The van der Waals surface area contributed by atoms with Gasteiger partial charge < -0.3 is 9.64 Å². The van der Waals surface area contributed by atoms with Crippen LogP contribution in [-0.4, -0.2) is 41.3 Å². The van der Waals surface area contributed by atoms with Crippen LogP contribution in [0.5, 0.6) is 0 Å². The topological polar surface area (TPSA) is 63.7 Å². The number of esters is 1. The third kappa shape index (κ3) is 3.84. The summed E-state index contributed by atoms with van der Waals surface area (Å²) in [7, 11) is 0. The summed E-state index contributed by atoms with van der Waals surface area (Å²) in [6, 6.07) is -0.510. The monoisotopic (exact) mass is 241 g/mol. The lowest BCUT2D eigenvalue weighted by molar-refractivity contribution is -0.157. The van der Waals surface area contributed by atoms with Crippen molar-refractivity contribution in [1.82, 2.24) is 4.90 Å². The van der Waals surface area contributed by atoms with E-state index in [2.05, 4.69) is 0 Å². The summed E-state index contributed by atoms with van der Waals surface area (Å²) in [4.78, 5) is 35.9. The standard InChI is InChI=1S/C12H19NO4/c1-8(2)17-12(16)10-5-4-6-13(10)11(15)7-9(3)14/h8,10H,4-7H2,1-3H3/t10-/m0/s1. The Balaban J connectivity index is 2.62. The van der Waals surface area contributed by atoms with E-state index in [1.54, 1.807) is 13.8 Å². The fourth-order valence-electron chi connectivity index (χ4n) is 1.94. The number of carbonyl (C=O) groups excluding carboxylic acids is 3. The molecule has 0 N–H and O–H groups in total. The molecule has 0 spiro atoms. The number of ether oxygens (including phenoxy) is 1. The van der Waals surface area contributed by atoms with Gasteiger partial charge in [-0.15, -0.1) is 0 Å². The summed E-state index contributed by atoms with van der Waals surface area (Å²) >= 11 is 0. The molecule has 0 saturated carbocycles. The lowest BCUT2D eigenvalue weighted by Crippen LogP contribution is -2.42. The molecule has 1 rings (SSSR count). The number of ketones is 1. The molecule has 0 radical (unpaired) electrons. The van der Waals surface area contributed by atoms with Gasteiger partial charge in [0.2, 0.25) is 5.91 Å². The van der Waals surface area contributed by atoms with E-state index in [1.165, 1.54) is 11.8 Å². The van der Waals surface area contributed by atoms with Crippen LogP contribution in [0.25, 0.3) is 0 Å². The van der Waals surface area contributed by atoms with Crippen LogP contribution in [0.2, 0.25) is 0 Å². The second-order valence-corrected chi connectivity index (χ2v) is 4.61. The molecular formula is C12H19NO4. The van der Waals surface area contributed by atoms with Gasteiger partial charge in [0.05, 0.1) is 12.5 Å². The maximum absolute atomic E-state index is 11.8. The zero-order valence-electron chi connectivity index (χ0n) is 10.6. The van der Waals surface area contributed by atoms with Crippen LogP contribution < -0.4 is 0 Å². The molecule has 96 valence electrons. The van der Waals surface area contributed by atoms with Crippen LogP contribution >= 0.6 is 0 Å². The number of nitrogens with zero attached hydrogens (tertiary/aromatic N) is 1. The minimum absolute atomic E-state index is 0.133. The molecule has 1 aliphatic rings. The highest BCUT2D eigenvalue weighted by molar-refractivity contribution is 5.98. The molecule has 5 nitrogen and oxygen atoms in total. The summed E-state index contributed by atoms with van der Waals surface area (Å²) in [5.74, 6) is -0.826. The molecule has 0 bridgehead atoms. The van der Waals surface area contributed by atoms with E-state index in [0.717, 1.165) is 6.42 Å². The fraction of sp³-hybridized carbons (Fsp3) is 0.750. The molecule has 1 aliphatic heterocycles. The first-order chi connectivity index (χ1) is 7.91. The SMILES string of the molecule is CC(=O)CC(=O)N1CCC[C@H]1C(=O)OC(C)C. The molecule has 0 aromatic carbocycles. The van der Waals surface area contributed by atoms with Crippen LogP contribution in [0.15, 0.2) is 0 Å². The Morgan fingerprint density at radius 3 is 2.53 bits per heavy atom. The van der Waals surface area contributed by atoms with Gasteiger partial charge in [-0.05, 0) is 33.6 Å². The molecular weight excluding hydrogens is 222 g/mol. The second kappa shape index (κ2) is 5.80. The largest absolute Gasteiger partial charge is 0.461 e. The highest BCUT2D eigenvalue weighted by Gasteiger charge is 2.35. The highest BCUT2D eigenvalue weighted by Crippen LogP contribution is 2.20. The summed E-state index contributed by atoms with van der Waals surface area (Å²) < 4.78 is 5.10. The van der Waals surface area contributed by atoms with Crippen molar-refractivity contribution in [2.45, 2.75) is 52.2 Å². The summed E-state index contributed by atoms with van der Waals surface area (Å²) in [6.07, 6.45) is 1.08. The van der Waals surface area contributed by atoms with Crippen molar-refractivity contribution < 1.29 is 19.1 Å². The first-order valence-electron chi connectivity index (χ1n) is 5.91. The highest BCUT2D eigenvalue weighted by atomic mass is 16.5. The predicted molar refractivity (Wildman–Crippen MR) is 61.3 cm³/mol. The van der Waals surface area contributed by atoms with E-state index in [9.17, 15) is 14.4 Å². The van der Waals surface area contributed by atoms with Gasteiger partial charge in [0.15, 0.2) is 0 Å². The molecule has 1 heterocycles. The van der Waals surface area contributed by atoms with Crippen molar-refractivity contribution in [2.24, 2.45) is 0 Å². The maximum Gasteiger partial charge on any atom is 0.329 e. The number of Topliss-reactive ketones (excluding diaryl/α,β-unsaturated/α-hetero) is 1. The van der Waals surface area contributed by atoms with Gasteiger partial charge in [-0.1, -0.05) is 0 Å². The molecule has 1 saturated heterocycles. The van der Waals surface area contributed by atoms with Crippen molar-refractivity contribution in [3.63, 3.8) is 0 Å². The Morgan fingerprint density at radius 1 is 1.35 bits per heavy atom. The average Bonchev–Trinajstić information content (AvgIpc) is 2.63. The molecule has 0 aliphatic carbocycles. The Hall–Kier alpha value is -1.39. The van der Waals surface area contributed by atoms with Crippen molar-refractivity contribution >= 4 is 17.7 Å². The lowest BCUT2D eigenvalue weighted by atomic mass is 10.2. The minimum Gasteiger partial charge on any atom is -0.461 e. The molecule has 0 unspecified atom stereocenters. The minimum atomic E-state index is -0.510. The van der Waals surface area contributed by atoms with Gasteiger partial charge in [-0.2, -0.15) is 0 Å². The summed E-state index contributed by atoms with van der Waals surface area (Å²) in [6.45, 7) is 5.45. The van der Waals surface area contributed by atoms with E-state index in [4.69, 9.17) is 4.74 Å². The number of carbonyl (C=O) groups is 3. The normalized spacial score (nSPS) is 19.5. The molecule has 0 aromatic heterocycles. The molecule has 1 atom stereocenters. The molecule has 0 aromatic rings. The molecule has 1 amide bonds. The molecule has 1 fully saturated rings. The smallest absolute Gasteiger partial charge is 0.329 e. The van der Waals surface area contributed by atoms with E-state index in [1.807, 2.05) is 0 Å². The van der Waals surface area contributed by atoms with E-state index in [0.29, 0.717) is 13.0 Å². The van der Waals surface area contributed by atoms with Gasteiger partial charge in [-0.25, -0.2) is 4.79 Å². The molecule has 5 heteroatoms. The van der Waals surface area contributed by atoms with Crippen LogP contribution in [-0.2, 0) is 19.1 Å². The average molecular weight is 241 g/mol. The quantitative estimate of drug-likeness (QED) is 0.542. The van der Waals surface area contributed by atoms with Crippen molar-refractivity contribution in [1.29, 1.82) is 0 Å². The van der Waals surface area contributed by atoms with Crippen LogP contribution in [0.1, 0.15) is 40.0 Å². The van der Waals surface area contributed by atoms with Crippen molar-refractivity contribution in [3.8, 4) is 0 Å². The number of amides is 1. The van der Waals surface area contributed by atoms with Gasteiger partial charge in [0.1, 0.15) is 11.8 Å². The lowest BCUT2D eigenvalue weighted by Gasteiger charge is -2.23. The van der Waals surface area contributed by atoms with E-state index < -0.39 is 6.04 Å². The van der Waals surface area contributed by atoms with Crippen LogP contribution in [0, 0.1) is 0 Å². The predicted octanol–water partition coefficient (Wildman–Crippen LogP) is 0.908. The first kappa shape index (κ1) is 13.7. The Labute approximate surface area is 101 Å². The zero-order valence-corrected chi connectivity index (χ0v) is 10.6. The number of hydrogen-bond acceptors (Lipinski definition) is 4. The summed E-state index contributed by atoms with van der Waals surface area (Å²) in [5.41, 5.74) is 0. The van der Waals surface area contributed by atoms with Crippen molar-refractivity contribution in [2.75, 3.05) is 6.54 Å².